The molecule has 3 unspecified atom stereocenters. The molecule has 0 aromatic heterocycles. The number of hydrogen-bond acceptors (Lipinski definition) is 10. The number of rotatable bonds is 18. The Kier molecular flexibility index (Phi) is 13.9. The normalized spacial score (nSPS) is 18.1. The van der Waals surface area contributed by atoms with Crippen LogP contribution in [0.25, 0.3) is 0 Å². The average Bonchev–Trinajstić information content (AvgIpc) is 3.03. The number of nitrogens with two attached hydrogens (primary N) is 2. The first-order valence-corrected chi connectivity index (χ1v) is 11.2. The van der Waals surface area contributed by atoms with Gasteiger partial charge in [-0.15, -0.1) is 11.8 Å². The van der Waals surface area contributed by atoms with Gasteiger partial charge < -0.3 is 35.8 Å². The van der Waals surface area contributed by atoms with Crippen LogP contribution in [0.2, 0.25) is 0 Å². The summed E-state index contributed by atoms with van der Waals surface area (Å²) in [5, 5.41) is 2.19. The number of hydrogen-bond donors (Lipinski definition) is 3. The Morgan fingerprint density at radius 1 is 1.13 bits per heavy atom. The van der Waals surface area contributed by atoms with Gasteiger partial charge in [0.1, 0.15) is 19.2 Å². The molecule has 12 heteroatoms. The third kappa shape index (κ3) is 11.4. The van der Waals surface area contributed by atoms with Crippen LogP contribution in [0, 0.1) is 0 Å². The summed E-state index contributed by atoms with van der Waals surface area (Å²) in [4.78, 5) is 57.9. The highest BCUT2D eigenvalue weighted by Crippen LogP contribution is 2.25. The Morgan fingerprint density at radius 2 is 1.84 bits per heavy atom. The highest BCUT2D eigenvalue weighted by atomic mass is 32.2. The van der Waals surface area contributed by atoms with Crippen molar-refractivity contribution in [2.45, 2.75) is 43.0 Å². The van der Waals surface area contributed by atoms with Gasteiger partial charge in [-0.05, 0) is 19.3 Å². The number of nitrogens with zero attached hydrogens (tertiary/aromatic N) is 1. The van der Waals surface area contributed by atoms with E-state index in [-0.39, 0.29) is 62.9 Å². The van der Waals surface area contributed by atoms with Crippen LogP contribution in [0.5, 0.6) is 0 Å². The molecule has 1 rings (SSSR count). The molecule has 0 bridgehead atoms. The zero-order chi connectivity index (χ0) is 23.1. The zero-order valence-corrected chi connectivity index (χ0v) is 18.3. The second-order valence-electron chi connectivity index (χ2n) is 7.02. The van der Waals surface area contributed by atoms with Crippen molar-refractivity contribution in [3.05, 3.63) is 0 Å². The fourth-order valence-corrected chi connectivity index (χ4v) is 3.74. The SMILES string of the molecule is NC(C=O)CCCCNC(=O)COCCOCCN1C(=O)CC(SCC(N)C=O)C1=O. The number of ether oxygens (including phenoxy) is 2. The molecule has 176 valence electrons. The number of carbonyl (C=O) groups is 5. The van der Waals surface area contributed by atoms with Gasteiger partial charge in [0.2, 0.25) is 17.7 Å². The molecule has 0 spiro atoms. The quantitative estimate of drug-likeness (QED) is 0.121. The highest BCUT2D eigenvalue weighted by molar-refractivity contribution is 8.00. The van der Waals surface area contributed by atoms with Crippen molar-refractivity contribution in [1.82, 2.24) is 10.2 Å². The summed E-state index contributed by atoms with van der Waals surface area (Å²) in [6.07, 6.45) is 3.49. The molecule has 11 nitrogen and oxygen atoms in total. The summed E-state index contributed by atoms with van der Waals surface area (Å²) in [5.74, 6) is -0.521. The number of thioether (sulfide) groups is 1. The summed E-state index contributed by atoms with van der Waals surface area (Å²) >= 11 is 1.21. The summed E-state index contributed by atoms with van der Waals surface area (Å²) in [7, 11) is 0. The van der Waals surface area contributed by atoms with Gasteiger partial charge >= 0.3 is 0 Å². The first-order chi connectivity index (χ1) is 14.9. The monoisotopic (exact) mass is 460 g/mol. The third-order valence-electron chi connectivity index (χ3n) is 4.39. The summed E-state index contributed by atoms with van der Waals surface area (Å²) in [5.41, 5.74) is 11.0. The molecular formula is C19H32N4O7S. The first kappa shape index (κ1) is 27.2. The van der Waals surface area contributed by atoms with E-state index in [9.17, 15) is 24.0 Å². The Labute approximate surface area is 185 Å². The molecule has 5 N–H and O–H groups in total. The maximum atomic E-state index is 12.2. The third-order valence-corrected chi connectivity index (χ3v) is 5.74. The van der Waals surface area contributed by atoms with Gasteiger partial charge in [0.15, 0.2) is 0 Å². The lowest BCUT2D eigenvalue weighted by Gasteiger charge is -2.15. The lowest BCUT2D eigenvalue weighted by Crippen LogP contribution is -2.35. The van der Waals surface area contributed by atoms with Crippen LogP contribution in [-0.4, -0.2) is 97.8 Å². The fourth-order valence-electron chi connectivity index (χ4n) is 2.68. The minimum Gasteiger partial charge on any atom is -0.377 e. The predicted octanol–water partition coefficient (Wildman–Crippen LogP) is -1.78. The molecule has 0 aromatic rings. The van der Waals surface area contributed by atoms with Gasteiger partial charge in [-0.1, -0.05) is 0 Å². The number of aldehydes is 2. The van der Waals surface area contributed by atoms with Crippen molar-refractivity contribution in [3.8, 4) is 0 Å². The van der Waals surface area contributed by atoms with Crippen LogP contribution in [0.4, 0.5) is 0 Å². The van der Waals surface area contributed by atoms with E-state index in [0.717, 1.165) is 17.7 Å². The molecule has 0 aliphatic carbocycles. The molecule has 0 radical (unpaired) electrons. The molecule has 1 fully saturated rings. The van der Waals surface area contributed by atoms with Crippen LogP contribution in [0.3, 0.4) is 0 Å². The lowest BCUT2D eigenvalue weighted by atomic mass is 10.1. The second kappa shape index (κ2) is 15.9. The summed E-state index contributed by atoms with van der Waals surface area (Å²) in [6, 6.07) is -1.10. The first-order valence-electron chi connectivity index (χ1n) is 10.2. The standard InChI is InChI=1S/C19H32N4O7S/c20-14(10-24)3-1-2-4-22-17(26)12-30-8-7-29-6-5-23-18(27)9-16(19(23)28)31-13-15(21)11-25/h10-11,14-16H,1-9,12-13,20-21H2,(H,22,26). The van der Waals surface area contributed by atoms with Gasteiger partial charge in [0, 0.05) is 18.7 Å². The maximum Gasteiger partial charge on any atom is 0.245 e. The Hall–Kier alpha value is -1.86. The lowest BCUT2D eigenvalue weighted by molar-refractivity contribution is -0.139. The summed E-state index contributed by atoms with van der Waals surface area (Å²) in [6.45, 7) is 1.12. The van der Waals surface area contributed by atoms with Crippen molar-refractivity contribution < 1.29 is 33.4 Å². The van der Waals surface area contributed by atoms with Crippen LogP contribution < -0.4 is 16.8 Å². The van der Waals surface area contributed by atoms with Gasteiger partial charge in [-0.2, -0.15) is 0 Å². The van der Waals surface area contributed by atoms with Gasteiger partial charge in [-0.3, -0.25) is 19.3 Å². The zero-order valence-electron chi connectivity index (χ0n) is 17.5. The van der Waals surface area contributed by atoms with E-state index < -0.39 is 17.3 Å². The number of amides is 3. The van der Waals surface area contributed by atoms with Crippen molar-refractivity contribution >= 4 is 42.1 Å². The molecule has 1 heterocycles. The van der Waals surface area contributed by atoms with E-state index in [1.807, 2.05) is 0 Å². The van der Waals surface area contributed by atoms with Crippen LogP contribution in [0.15, 0.2) is 0 Å². The number of imide groups is 1. The molecule has 3 atom stereocenters. The molecule has 3 amide bonds. The molecule has 0 aromatic carbocycles. The van der Waals surface area contributed by atoms with Gasteiger partial charge in [0.05, 0.1) is 43.7 Å². The minimum absolute atomic E-state index is 0.0944. The average molecular weight is 461 g/mol. The van der Waals surface area contributed by atoms with E-state index in [0.29, 0.717) is 25.5 Å². The number of likely N-dealkylation sites (tertiary alicyclic amines) is 1. The van der Waals surface area contributed by atoms with Gasteiger partial charge in [-0.25, -0.2) is 0 Å². The van der Waals surface area contributed by atoms with Crippen molar-refractivity contribution in [1.29, 1.82) is 0 Å². The van der Waals surface area contributed by atoms with Crippen molar-refractivity contribution in [2.24, 2.45) is 11.5 Å². The number of carbonyl (C=O) groups excluding carboxylic acids is 5. The van der Waals surface area contributed by atoms with E-state index in [1.54, 1.807) is 0 Å². The van der Waals surface area contributed by atoms with Gasteiger partial charge in [0.25, 0.3) is 0 Å². The smallest absolute Gasteiger partial charge is 0.245 e. The van der Waals surface area contributed by atoms with E-state index >= 15 is 0 Å². The van der Waals surface area contributed by atoms with E-state index in [1.165, 1.54) is 11.8 Å². The molecule has 0 saturated carbocycles. The highest BCUT2D eigenvalue weighted by Gasteiger charge is 2.38. The van der Waals surface area contributed by atoms with Crippen molar-refractivity contribution in [2.75, 3.05) is 45.3 Å². The van der Waals surface area contributed by atoms with E-state index in [4.69, 9.17) is 20.9 Å². The van der Waals surface area contributed by atoms with Crippen LogP contribution >= 0.6 is 11.8 Å². The van der Waals surface area contributed by atoms with E-state index in [2.05, 4.69) is 5.32 Å². The predicted molar refractivity (Wildman–Crippen MR) is 114 cm³/mol. The molecule has 1 aliphatic rings. The topological polar surface area (TPSA) is 171 Å². The maximum absolute atomic E-state index is 12.2. The second-order valence-corrected chi connectivity index (χ2v) is 8.26. The van der Waals surface area contributed by atoms with Crippen molar-refractivity contribution in [3.63, 3.8) is 0 Å². The Bertz CT molecular complexity index is 608. The number of unbranched alkanes of at least 4 members (excludes halogenated alkanes) is 1. The molecular weight excluding hydrogens is 428 g/mol. The number of nitrogens with one attached hydrogen (secondary N) is 1. The van der Waals surface area contributed by atoms with Crippen LogP contribution in [-0.2, 0) is 33.4 Å². The fraction of sp³-hybridized carbons (Fsp3) is 0.737. The Balaban J connectivity index is 2.03. The molecule has 1 aliphatic heterocycles. The Morgan fingerprint density at radius 3 is 2.55 bits per heavy atom. The largest absolute Gasteiger partial charge is 0.377 e. The minimum atomic E-state index is -0.653. The molecule has 31 heavy (non-hydrogen) atoms. The summed E-state index contributed by atoms with van der Waals surface area (Å²) < 4.78 is 10.6. The molecule has 1 saturated heterocycles. The van der Waals surface area contributed by atoms with Crippen LogP contribution in [0.1, 0.15) is 25.7 Å².